The summed E-state index contributed by atoms with van der Waals surface area (Å²) >= 11 is 0. The number of carbonyl (C=O) groups is 1. The standard InChI is InChI=1S/C14H11FN4O/c1-9-8-19-13(16-9)7-6-12(18-19)14(20)17-11-4-2-10(15)3-5-11/h2-8H,1H3,(H,17,20). The van der Waals surface area contributed by atoms with Gasteiger partial charge in [0.05, 0.1) is 11.9 Å². The van der Waals surface area contributed by atoms with Crippen molar-refractivity contribution in [3.05, 3.63) is 59.8 Å². The molecule has 0 saturated heterocycles. The van der Waals surface area contributed by atoms with E-state index in [2.05, 4.69) is 15.4 Å². The molecule has 2 aromatic heterocycles. The SMILES string of the molecule is Cc1cn2nc(C(=O)Nc3ccc(F)cc3)ccc2n1. The van der Waals surface area contributed by atoms with Gasteiger partial charge in [-0.2, -0.15) is 5.10 Å². The van der Waals surface area contributed by atoms with Crippen LogP contribution in [-0.2, 0) is 0 Å². The number of hydrogen-bond donors (Lipinski definition) is 1. The van der Waals surface area contributed by atoms with Crippen molar-refractivity contribution < 1.29 is 9.18 Å². The molecule has 0 aliphatic rings. The Kier molecular flexibility index (Phi) is 2.90. The maximum Gasteiger partial charge on any atom is 0.276 e. The third kappa shape index (κ3) is 2.35. The van der Waals surface area contributed by atoms with Crippen molar-refractivity contribution in [1.82, 2.24) is 14.6 Å². The minimum Gasteiger partial charge on any atom is -0.321 e. The molecule has 1 amide bonds. The highest BCUT2D eigenvalue weighted by Crippen LogP contribution is 2.10. The van der Waals surface area contributed by atoms with Gasteiger partial charge in [0.25, 0.3) is 5.91 Å². The zero-order valence-electron chi connectivity index (χ0n) is 10.7. The van der Waals surface area contributed by atoms with E-state index in [1.54, 1.807) is 22.8 Å². The molecule has 0 unspecified atom stereocenters. The number of nitrogens with one attached hydrogen (secondary N) is 1. The summed E-state index contributed by atoms with van der Waals surface area (Å²) in [5.41, 5.74) is 2.29. The fourth-order valence-corrected chi connectivity index (χ4v) is 1.85. The zero-order valence-corrected chi connectivity index (χ0v) is 10.7. The van der Waals surface area contributed by atoms with Gasteiger partial charge < -0.3 is 5.32 Å². The lowest BCUT2D eigenvalue weighted by Gasteiger charge is -2.04. The highest BCUT2D eigenvalue weighted by Gasteiger charge is 2.09. The molecular weight excluding hydrogens is 259 g/mol. The number of aromatic nitrogens is 3. The Hall–Kier alpha value is -2.76. The van der Waals surface area contributed by atoms with Crippen LogP contribution in [0.2, 0.25) is 0 Å². The maximum atomic E-state index is 12.8. The van der Waals surface area contributed by atoms with Gasteiger partial charge in [0.1, 0.15) is 11.5 Å². The van der Waals surface area contributed by atoms with E-state index in [-0.39, 0.29) is 17.4 Å². The summed E-state index contributed by atoms with van der Waals surface area (Å²) in [6.07, 6.45) is 1.74. The third-order valence-corrected chi connectivity index (χ3v) is 2.78. The number of benzene rings is 1. The van der Waals surface area contributed by atoms with Crippen molar-refractivity contribution in [2.24, 2.45) is 0 Å². The highest BCUT2D eigenvalue weighted by atomic mass is 19.1. The molecule has 0 atom stereocenters. The Labute approximate surface area is 114 Å². The average Bonchev–Trinajstić information content (AvgIpc) is 2.80. The number of carbonyl (C=O) groups excluding carboxylic acids is 1. The number of halogens is 1. The van der Waals surface area contributed by atoms with Crippen molar-refractivity contribution in [2.45, 2.75) is 6.92 Å². The first-order valence-corrected chi connectivity index (χ1v) is 6.02. The summed E-state index contributed by atoms with van der Waals surface area (Å²) in [6.45, 7) is 1.85. The Bertz CT molecular complexity index is 779. The summed E-state index contributed by atoms with van der Waals surface area (Å²) < 4.78 is 14.3. The van der Waals surface area contributed by atoms with Crippen LogP contribution in [0.15, 0.2) is 42.6 Å². The largest absolute Gasteiger partial charge is 0.321 e. The van der Waals surface area contributed by atoms with Crippen LogP contribution >= 0.6 is 0 Å². The number of anilines is 1. The summed E-state index contributed by atoms with van der Waals surface area (Å²) in [5.74, 6) is -0.707. The van der Waals surface area contributed by atoms with Crippen LogP contribution in [0, 0.1) is 12.7 Å². The second kappa shape index (κ2) is 4.73. The van der Waals surface area contributed by atoms with E-state index >= 15 is 0 Å². The normalized spacial score (nSPS) is 10.7. The Morgan fingerprint density at radius 2 is 1.95 bits per heavy atom. The van der Waals surface area contributed by atoms with Gasteiger partial charge in [0.15, 0.2) is 5.65 Å². The van der Waals surface area contributed by atoms with Gasteiger partial charge in [0.2, 0.25) is 0 Å². The molecule has 1 N–H and O–H groups in total. The number of fused-ring (bicyclic) bond motifs is 1. The van der Waals surface area contributed by atoms with Crippen LogP contribution in [0.5, 0.6) is 0 Å². The molecule has 3 rings (SSSR count). The van der Waals surface area contributed by atoms with E-state index < -0.39 is 0 Å². The van der Waals surface area contributed by atoms with Crippen molar-refractivity contribution in [2.75, 3.05) is 5.32 Å². The monoisotopic (exact) mass is 270 g/mol. The molecule has 0 aliphatic heterocycles. The van der Waals surface area contributed by atoms with Crippen LogP contribution < -0.4 is 5.32 Å². The Balaban J connectivity index is 1.86. The summed E-state index contributed by atoms with van der Waals surface area (Å²) in [7, 11) is 0. The van der Waals surface area contributed by atoms with Crippen LogP contribution in [0.1, 0.15) is 16.2 Å². The minimum atomic E-state index is -0.357. The third-order valence-electron chi connectivity index (χ3n) is 2.78. The highest BCUT2D eigenvalue weighted by molar-refractivity contribution is 6.02. The number of nitrogens with zero attached hydrogens (tertiary/aromatic N) is 3. The molecule has 0 fully saturated rings. The van der Waals surface area contributed by atoms with Gasteiger partial charge in [0, 0.05) is 5.69 Å². The molecule has 2 heterocycles. The van der Waals surface area contributed by atoms with Gasteiger partial charge in [-0.3, -0.25) is 4.79 Å². The Morgan fingerprint density at radius 3 is 2.70 bits per heavy atom. The predicted octanol–water partition coefficient (Wildman–Crippen LogP) is 2.43. The first-order valence-electron chi connectivity index (χ1n) is 6.02. The lowest BCUT2D eigenvalue weighted by molar-refractivity contribution is 0.102. The fourth-order valence-electron chi connectivity index (χ4n) is 1.85. The van der Waals surface area contributed by atoms with Crippen LogP contribution in [0.25, 0.3) is 5.65 Å². The summed E-state index contributed by atoms with van der Waals surface area (Å²) in [6, 6.07) is 8.87. The molecule has 0 bridgehead atoms. The lowest BCUT2D eigenvalue weighted by Crippen LogP contribution is -2.15. The maximum absolute atomic E-state index is 12.8. The van der Waals surface area contributed by atoms with Crippen molar-refractivity contribution in [1.29, 1.82) is 0 Å². The van der Waals surface area contributed by atoms with E-state index in [0.717, 1.165) is 5.69 Å². The molecular formula is C14H11FN4O. The van der Waals surface area contributed by atoms with E-state index in [0.29, 0.717) is 11.3 Å². The van der Waals surface area contributed by atoms with E-state index in [1.165, 1.54) is 24.3 Å². The molecule has 3 aromatic rings. The molecule has 0 saturated carbocycles. The van der Waals surface area contributed by atoms with Gasteiger partial charge >= 0.3 is 0 Å². The van der Waals surface area contributed by atoms with Gasteiger partial charge in [-0.15, -0.1) is 0 Å². The molecule has 1 aromatic carbocycles. The Morgan fingerprint density at radius 1 is 1.20 bits per heavy atom. The zero-order chi connectivity index (χ0) is 14.1. The van der Waals surface area contributed by atoms with Crippen molar-refractivity contribution in [3.63, 3.8) is 0 Å². The molecule has 100 valence electrons. The molecule has 0 spiro atoms. The molecule has 6 heteroatoms. The number of amides is 1. The van der Waals surface area contributed by atoms with Crippen molar-refractivity contribution >= 4 is 17.2 Å². The number of aryl methyl sites for hydroxylation is 1. The van der Waals surface area contributed by atoms with Gasteiger partial charge in [-0.25, -0.2) is 13.9 Å². The minimum absolute atomic E-state index is 0.263. The second-order valence-corrected chi connectivity index (χ2v) is 4.36. The predicted molar refractivity (Wildman–Crippen MR) is 72.1 cm³/mol. The van der Waals surface area contributed by atoms with E-state index in [4.69, 9.17) is 0 Å². The van der Waals surface area contributed by atoms with Crippen molar-refractivity contribution in [3.8, 4) is 0 Å². The van der Waals surface area contributed by atoms with Crippen LogP contribution in [-0.4, -0.2) is 20.5 Å². The molecule has 5 nitrogen and oxygen atoms in total. The molecule has 0 aliphatic carbocycles. The number of rotatable bonds is 2. The number of hydrogen-bond acceptors (Lipinski definition) is 3. The fraction of sp³-hybridized carbons (Fsp3) is 0.0714. The second-order valence-electron chi connectivity index (χ2n) is 4.36. The van der Waals surface area contributed by atoms with Gasteiger partial charge in [-0.1, -0.05) is 0 Å². The van der Waals surface area contributed by atoms with E-state index in [9.17, 15) is 9.18 Å². The van der Waals surface area contributed by atoms with Gasteiger partial charge in [-0.05, 0) is 43.3 Å². The smallest absolute Gasteiger partial charge is 0.276 e. The first kappa shape index (κ1) is 12.3. The number of imidazole rings is 1. The molecule has 0 radical (unpaired) electrons. The lowest BCUT2D eigenvalue weighted by atomic mass is 10.3. The van der Waals surface area contributed by atoms with Crippen LogP contribution in [0.3, 0.4) is 0 Å². The molecule has 20 heavy (non-hydrogen) atoms. The van der Waals surface area contributed by atoms with E-state index in [1.807, 2.05) is 6.92 Å². The average molecular weight is 270 g/mol. The topological polar surface area (TPSA) is 59.3 Å². The quantitative estimate of drug-likeness (QED) is 0.778. The summed E-state index contributed by atoms with van der Waals surface area (Å²) in [4.78, 5) is 16.3. The van der Waals surface area contributed by atoms with Crippen LogP contribution in [0.4, 0.5) is 10.1 Å². The first-order chi connectivity index (χ1) is 9.61. The summed E-state index contributed by atoms with van der Waals surface area (Å²) in [5, 5.41) is 6.83.